The lowest BCUT2D eigenvalue weighted by atomic mass is 9.85. The van der Waals surface area contributed by atoms with Crippen LogP contribution in [-0.4, -0.2) is 35.9 Å². The van der Waals surface area contributed by atoms with Gasteiger partial charge in [0.1, 0.15) is 0 Å². The van der Waals surface area contributed by atoms with Crippen LogP contribution < -0.4 is 5.32 Å². The molecule has 4 nitrogen and oxygen atoms in total. The smallest absolute Gasteiger partial charge is 0.224 e. The van der Waals surface area contributed by atoms with E-state index in [0.717, 1.165) is 30.6 Å². The van der Waals surface area contributed by atoms with Gasteiger partial charge in [0, 0.05) is 25.0 Å². The molecule has 132 valence electrons. The first-order valence-corrected chi connectivity index (χ1v) is 9.06. The van der Waals surface area contributed by atoms with Gasteiger partial charge >= 0.3 is 0 Å². The summed E-state index contributed by atoms with van der Waals surface area (Å²) in [4.78, 5) is 18.9. The van der Waals surface area contributed by atoms with Gasteiger partial charge in [0.05, 0.1) is 6.42 Å². The molecule has 2 aromatic rings. The molecule has 1 N–H and O–H groups in total. The van der Waals surface area contributed by atoms with E-state index in [4.69, 9.17) is 0 Å². The Morgan fingerprint density at radius 3 is 2.84 bits per heavy atom. The molecule has 25 heavy (non-hydrogen) atoms. The minimum atomic E-state index is 0.0920. The molecule has 1 amide bonds. The Kier molecular flexibility index (Phi) is 5.82. The molecule has 0 bridgehead atoms. The van der Waals surface area contributed by atoms with Crippen LogP contribution in [0, 0.1) is 12.8 Å². The van der Waals surface area contributed by atoms with Crippen molar-refractivity contribution in [3.63, 3.8) is 0 Å². The second-order valence-electron chi connectivity index (χ2n) is 7.02. The van der Waals surface area contributed by atoms with Gasteiger partial charge < -0.3 is 5.32 Å². The van der Waals surface area contributed by atoms with Gasteiger partial charge in [-0.1, -0.05) is 30.3 Å². The van der Waals surface area contributed by atoms with Gasteiger partial charge in [0.15, 0.2) is 0 Å². The van der Waals surface area contributed by atoms with Crippen LogP contribution in [-0.2, 0) is 11.2 Å². The van der Waals surface area contributed by atoms with Gasteiger partial charge in [-0.2, -0.15) is 0 Å². The van der Waals surface area contributed by atoms with E-state index in [2.05, 4.69) is 52.6 Å². The summed E-state index contributed by atoms with van der Waals surface area (Å²) in [6.45, 7) is 3.84. The van der Waals surface area contributed by atoms with Gasteiger partial charge in [-0.15, -0.1) is 0 Å². The number of hydrogen-bond acceptors (Lipinski definition) is 3. The summed E-state index contributed by atoms with van der Waals surface area (Å²) in [5.41, 5.74) is 3.46. The number of carbonyl (C=O) groups excluding carboxylic acids is 1. The predicted molar refractivity (Wildman–Crippen MR) is 100 cm³/mol. The van der Waals surface area contributed by atoms with E-state index in [1.54, 1.807) is 6.20 Å². The Bertz CT molecular complexity index is 701. The van der Waals surface area contributed by atoms with Crippen molar-refractivity contribution in [2.24, 2.45) is 5.92 Å². The number of carbonyl (C=O) groups is 1. The van der Waals surface area contributed by atoms with Crippen molar-refractivity contribution in [3.05, 3.63) is 65.5 Å². The third-order valence-corrected chi connectivity index (χ3v) is 5.20. The molecule has 0 radical (unpaired) electrons. The largest absolute Gasteiger partial charge is 0.355 e. The number of aromatic nitrogens is 1. The summed E-state index contributed by atoms with van der Waals surface area (Å²) < 4.78 is 0. The van der Waals surface area contributed by atoms with Crippen LogP contribution in [0.3, 0.4) is 0 Å². The van der Waals surface area contributed by atoms with Gasteiger partial charge in [-0.25, -0.2) is 0 Å². The fourth-order valence-electron chi connectivity index (χ4n) is 3.83. The molecule has 2 heterocycles. The maximum absolute atomic E-state index is 12.4. The lowest BCUT2D eigenvalue weighted by Gasteiger charge is -2.39. The van der Waals surface area contributed by atoms with Crippen LogP contribution in [0.5, 0.6) is 0 Å². The Morgan fingerprint density at radius 2 is 2.08 bits per heavy atom. The maximum Gasteiger partial charge on any atom is 0.224 e. The zero-order valence-electron chi connectivity index (χ0n) is 15.1. The first-order valence-electron chi connectivity index (χ1n) is 9.06. The van der Waals surface area contributed by atoms with E-state index >= 15 is 0 Å². The minimum Gasteiger partial charge on any atom is -0.355 e. The molecule has 2 atom stereocenters. The van der Waals surface area contributed by atoms with E-state index in [0.29, 0.717) is 18.4 Å². The summed E-state index contributed by atoms with van der Waals surface area (Å²) >= 11 is 0. The first-order chi connectivity index (χ1) is 12.1. The number of hydrogen-bond donors (Lipinski definition) is 1. The summed E-state index contributed by atoms with van der Waals surface area (Å²) in [5.74, 6) is 0.540. The van der Waals surface area contributed by atoms with E-state index in [1.165, 1.54) is 12.0 Å². The van der Waals surface area contributed by atoms with E-state index in [1.807, 2.05) is 19.2 Å². The van der Waals surface area contributed by atoms with E-state index < -0.39 is 0 Å². The monoisotopic (exact) mass is 337 g/mol. The Morgan fingerprint density at radius 1 is 1.28 bits per heavy atom. The van der Waals surface area contributed by atoms with E-state index in [9.17, 15) is 4.79 Å². The van der Waals surface area contributed by atoms with E-state index in [-0.39, 0.29) is 5.91 Å². The molecule has 0 saturated carbocycles. The quantitative estimate of drug-likeness (QED) is 0.912. The highest BCUT2D eigenvalue weighted by Gasteiger charge is 2.30. The van der Waals surface area contributed by atoms with Crippen LogP contribution in [0.1, 0.15) is 35.6 Å². The van der Waals surface area contributed by atoms with Crippen LogP contribution >= 0.6 is 0 Å². The van der Waals surface area contributed by atoms with Crippen LogP contribution in [0.15, 0.2) is 48.8 Å². The molecule has 1 aromatic carbocycles. The highest BCUT2D eigenvalue weighted by molar-refractivity contribution is 5.78. The van der Waals surface area contributed by atoms with Crippen molar-refractivity contribution in [1.82, 2.24) is 15.2 Å². The summed E-state index contributed by atoms with van der Waals surface area (Å²) in [5, 5.41) is 3.16. The maximum atomic E-state index is 12.4. The number of nitrogens with one attached hydrogen (secondary N) is 1. The van der Waals surface area contributed by atoms with Crippen molar-refractivity contribution in [3.8, 4) is 0 Å². The van der Waals surface area contributed by atoms with Crippen molar-refractivity contribution >= 4 is 5.91 Å². The number of likely N-dealkylation sites (tertiary alicyclic amines) is 1. The Hall–Kier alpha value is -2.20. The summed E-state index contributed by atoms with van der Waals surface area (Å²) in [6, 6.07) is 12.9. The molecular formula is C21H27N3O. The molecule has 0 unspecified atom stereocenters. The van der Waals surface area contributed by atoms with Crippen molar-refractivity contribution < 1.29 is 4.79 Å². The van der Waals surface area contributed by atoms with Crippen molar-refractivity contribution in [2.75, 3.05) is 20.1 Å². The number of benzene rings is 1. The van der Waals surface area contributed by atoms with Crippen molar-refractivity contribution in [2.45, 2.75) is 32.2 Å². The normalized spacial score (nSPS) is 21.0. The number of amides is 1. The molecule has 3 rings (SSSR count). The fraction of sp³-hybridized carbons (Fsp3) is 0.429. The van der Waals surface area contributed by atoms with Gasteiger partial charge in [-0.3, -0.25) is 14.7 Å². The Labute approximate surface area is 150 Å². The zero-order valence-corrected chi connectivity index (χ0v) is 15.1. The second kappa shape index (κ2) is 8.26. The summed E-state index contributed by atoms with van der Waals surface area (Å²) in [6.07, 6.45) is 6.32. The van der Waals surface area contributed by atoms with Crippen LogP contribution in [0.25, 0.3) is 0 Å². The topological polar surface area (TPSA) is 45.2 Å². The van der Waals surface area contributed by atoms with Gasteiger partial charge in [0.2, 0.25) is 5.91 Å². The average Bonchev–Trinajstić information content (AvgIpc) is 2.63. The highest BCUT2D eigenvalue weighted by Crippen LogP contribution is 2.34. The molecule has 1 saturated heterocycles. The zero-order chi connectivity index (χ0) is 17.6. The van der Waals surface area contributed by atoms with Gasteiger partial charge in [-0.05, 0) is 62.0 Å². The molecule has 1 aromatic heterocycles. The molecule has 0 aliphatic carbocycles. The van der Waals surface area contributed by atoms with Gasteiger partial charge in [0.25, 0.3) is 0 Å². The third-order valence-electron chi connectivity index (χ3n) is 5.20. The highest BCUT2D eigenvalue weighted by atomic mass is 16.1. The lowest BCUT2D eigenvalue weighted by molar-refractivity contribution is -0.120. The lowest BCUT2D eigenvalue weighted by Crippen LogP contribution is -2.42. The molecule has 1 aliphatic rings. The SMILES string of the molecule is Cc1cnccc1CC(=O)NC[C@H]1CCCN(C)[C@@H]1c1ccccc1. The minimum absolute atomic E-state index is 0.0920. The number of nitrogens with zero attached hydrogens (tertiary/aromatic N) is 2. The van der Waals surface area contributed by atoms with Crippen LogP contribution in [0.4, 0.5) is 0 Å². The predicted octanol–water partition coefficient (Wildman–Crippen LogP) is 3.13. The number of aryl methyl sites for hydroxylation is 1. The van der Waals surface area contributed by atoms with Crippen LogP contribution in [0.2, 0.25) is 0 Å². The fourth-order valence-corrected chi connectivity index (χ4v) is 3.83. The van der Waals surface area contributed by atoms with Crippen molar-refractivity contribution in [1.29, 1.82) is 0 Å². The number of pyridine rings is 1. The molecule has 0 spiro atoms. The summed E-state index contributed by atoms with van der Waals surface area (Å²) in [7, 11) is 2.19. The molecular weight excluding hydrogens is 310 g/mol. The molecule has 4 heteroatoms. The molecule has 1 fully saturated rings. The third kappa shape index (κ3) is 4.45. The number of piperidine rings is 1. The number of rotatable bonds is 5. The average molecular weight is 337 g/mol. The second-order valence-corrected chi connectivity index (χ2v) is 7.02. The standard InChI is InChI=1S/C21H27N3O/c1-16-14-22-11-10-18(16)13-20(25)23-15-19-9-6-12-24(2)21(19)17-7-4-3-5-8-17/h3-5,7-8,10-11,14,19,21H,6,9,12-13,15H2,1-2H3,(H,23,25)/t19-,21-/m1/s1. The first kappa shape index (κ1) is 17.6. The Balaban J connectivity index is 1.62. The molecule has 1 aliphatic heterocycles.